The fourth-order valence-electron chi connectivity index (χ4n) is 3.36. The summed E-state index contributed by atoms with van der Waals surface area (Å²) in [7, 11) is 1.66. The minimum Gasteiger partial charge on any atom is -0.396 e. The number of benzene rings is 1. The fraction of sp³-hybridized carbons (Fsp3) is 0.611. The van der Waals surface area contributed by atoms with Crippen LogP contribution >= 0.6 is 11.6 Å². The third kappa shape index (κ3) is 4.91. The summed E-state index contributed by atoms with van der Waals surface area (Å²) in [6, 6.07) is 4.36. The van der Waals surface area contributed by atoms with Crippen LogP contribution in [0.4, 0.5) is 4.39 Å². The second-order valence-electron chi connectivity index (χ2n) is 6.60. The van der Waals surface area contributed by atoms with E-state index in [4.69, 9.17) is 16.3 Å². The molecule has 1 aliphatic heterocycles. The largest absolute Gasteiger partial charge is 0.396 e. The third-order valence-corrected chi connectivity index (χ3v) is 5.03. The Bertz CT molecular complexity index is 569. The zero-order valence-electron chi connectivity index (χ0n) is 14.1. The Morgan fingerprint density at radius 1 is 1.50 bits per heavy atom. The number of carbonyl (C=O) groups excluding carboxylic acids is 1. The number of carbonyl (C=O) groups is 1. The molecule has 4 nitrogen and oxygen atoms in total. The highest BCUT2D eigenvalue weighted by atomic mass is 35.5. The van der Waals surface area contributed by atoms with Crippen LogP contribution in [0.1, 0.15) is 31.2 Å². The fourth-order valence-corrected chi connectivity index (χ4v) is 3.56. The van der Waals surface area contributed by atoms with Crippen LogP contribution in [0.15, 0.2) is 18.2 Å². The smallest absolute Gasteiger partial charge is 0.227 e. The maximum absolute atomic E-state index is 13.2. The first-order chi connectivity index (χ1) is 11.5. The molecule has 1 fully saturated rings. The van der Waals surface area contributed by atoms with Crippen molar-refractivity contribution >= 4 is 17.5 Å². The van der Waals surface area contributed by atoms with Gasteiger partial charge in [-0.2, -0.15) is 0 Å². The Hall–Kier alpha value is -1.17. The maximum atomic E-state index is 13.2. The number of piperidine rings is 1. The van der Waals surface area contributed by atoms with Crippen molar-refractivity contribution in [3.05, 3.63) is 34.6 Å². The molecule has 1 unspecified atom stereocenters. The highest BCUT2D eigenvalue weighted by molar-refractivity contribution is 6.30. The molecule has 0 bridgehead atoms. The van der Waals surface area contributed by atoms with Crippen LogP contribution in [0, 0.1) is 11.2 Å². The number of amides is 1. The van der Waals surface area contributed by atoms with E-state index in [-0.39, 0.29) is 29.4 Å². The van der Waals surface area contributed by atoms with E-state index in [0.29, 0.717) is 25.3 Å². The van der Waals surface area contributed by atoms with Gasteiger partial charge in [-0.25, -0.2) is 4.39 Å². The molecule has 1 aliphatic rings. The Balaban J connectivity index is 1.99. The van der Waals surface area contributed by atoms with E-state index >= 15 is 0 Å². The highest BCUT2D eigenvalue weighted by Gasteiger charge is 2.36. The first-order valence-electron chi connectivity index (χ1n) is 8.31. The van der Waals surface area contributed by atoms with E-state index < -0.39 is 5.82 Å². The van der Waals surface area contributed by atoms with Crippen LogP contribution in [0.3, 0.4) is 0 Å². The molecule has 1 atom stereocenters. The summed E-state index contributed by atoms with van der Waals surface area (Å²) in [6.45, 7) is 1.98. The quantitative estimate of drug-likeness (QED) is 0.763. The lowest BCUT2D eigenvalue weighted by Crippen LogP contribution is -2.48. The molecule has 0 aromatic heterocycles. The Labute approximate surface area is 147 Å². The summed E-state index contributed by atoms with van der Waals surface area (Å²) >= 11 is 5.78. The van der Waals surface area contributed by atoms with Gasteiger partial charge in [0.15, 0.2) is 0 Å². The van der Waals surface area contributed by atoms with Gasteiger partial charge in [0, 0.05) is 32.2 Å². The van der Waals surface area contributed by atoms with Gasteiger partial charge in [-0.05, 0) is 43.4 Å². The molecule has 1 aromatic carbocycles. The van der Waals surface area contributed by atoms with Crippen molar-refractivity contribution in [2.45, 2.75) is 32.1 Å². The number of hydrogen-bond acceptors (Lipinski definition) is 3. The lowest BCUT2D eigenvalue weighted by Gasteiger charge is -2.42. The number of aliphatic hydroxyl groups is 1. The molecule has 1 aromatic rings. The van der Waals surface area contributed by atoms with Crippen LogP contribution in [-0.2, 0) is 16.0 Å². The van der Waals surface area contributed by atoms with Crippen LogP contribution in [0.2, 0.25) is 5.02 Å². The minimum atomic E-state index is -0.483. The van der Waals surface area contributed by atoms with Crippen molar-refractivity contribution in [1.82, 2.24) is 4.90 Å². The summed E-state index contributed by atoms with van der Waals surface area (Å²) in [6.07, 6.45) is 3.69. The van der Waals surface area contributed by atoms with E-state index in [9.17, 15) is 14.3 Å². The zero-order chi connectivity index (χ0) is 17.6. The average molecular weight is 358 g/mol. The van der Waals surface area contributed by atoms with E-state index in [1.165, 1.54) is 12.1 Å². The lowest BCUT2D eigenvalue weighted by atomic mass is 9.77. The Kier molecular flexibility index (Phi) is 7.02. The summed E-state index contributed by atoms with van der Waals surface area (Å²) in [5, 5.41) is 9.89. The number of ether oxygens (including phenoxy) is 1. The topological polar surface area (TPSA) is 49.8 Å². The van der Waals surface area contributed by atoms with Crippen molar-refractivity contribution < 1.29 is 19.0 Å². The maximum Gasteiger partial charge on any atom is 0.227 e. The number of hydrogen-bond donors (Lipinski definition) is 1. The summed E-state index contributed by atoms with van der Waals surface area (Å²) in [4.78, 5) is 14.4. The van der Waals surface area contributed by atoms with Crippen molar-refractivity contribution in [1.29, 1.82) is 0 Å². The van der Waals surface area contributed by atoms with Crippen LogP contribution in [0.5, 0.6) is 0 Å². The second kappa shape index (κ2) is 8.79. The number of nitrogens with zero attached hydrogens (tertiary/aromatic N) is 1. The summed E-state index contributed by atoms with van der Waals surface area (Å²) in [5.41, 5.74) is 0.457. The molecule has 1 heterocycles. The third-order valence-electron chi connectivity index (χ3n) is 4.74. The van der Waals surface area contributed by atoms with E-state index in [1.54, 1.807) is 13.2 Å². The van der Waals surface area contributed by atoms with Gasteiger partial charge in [-0.1, -0.05) is 17.7 Å². The molecule has 0 spiro atoms. The second-order valence-corrected chi connectivity index (χ2v) is 7.01. The van der Waals surface area contributed by atoms with Gasteiger partial charge in [0.1, 0.15) is 5.82 Å². The van der Waals surface area contributed by atoms with Gasteiger partial charge in [0.2, 0.25) is 5.91 Å². The van der Waals surface area contributed by atoms with Crippen molar-refractivity contribution in [2.75, 3.05) is 33.4 Å². The molecule has 2 rings (SSSR count). The Morgan fingerprint density at radius 2 is 2.29 bits per heavy atom. The summed E-state index contributed by atoms with van der Waals surface area (Å²) < 4.78 is 18.3. The molecule has 1 amide bonds. The van der Waals surface area contributed by atoms with Crippen LogP contribution < -0.4 is 0 Å². The first kappa shape index (κ1) is 19.2. The predicted molar refractivity (Wildman–Crippen MR) is 91.6 cm³/mol. The molecular formula is C18H25ClFNO3. The van der Waals surface area contributed by atoms with Gasteiger partial charge in [-0.3, -0.25) is 4.79 Å². The molecule has 1 saturated heterocycles. The molecule has 0 radical (unpaired) electrons. The normalized spacial score (nSPS) is 21.1. The highest BCUT2D eigenvalue weighted by Crippen LogP contribution is 2.34. The van der Waals surface area contributed by atoms with Crippen molar-refractivity contribution in [3.8, 4) is 0 Å². The summed E-state index contributed by atoms with van der Waals surface area (Å²) in [5.74, 6) is -0.495. The molecule has 6 heteroatoms. The monoisotopic (exact) mass is 357 g/mol. The zero-order valence-corrected chi connectivity index (χ0v) is 14.8. The van der Waals surface area contributed by atoms with Gasteiger partial charge in [0.05, 0.1) is 18.1 Å². The molecule has 134 valence electrons. The SMILES string of the molecule is COCCCC1(CO)CCCN(C(=O)Cc2ccc(F)c(Cl)c2)C1. The molecule has 24 heavy (non-hydrogen) atoms. The predicted octanol–water partition coefficient (Wildman–Crippen LogP) is 3.05. The average Bonchev–Trinajstić information content (AvgIpc) is 2.58. The van der Waals surface area contributed by atoms with E-state index in [0.717, 1.165) is 25.7 Å². The molecular weight excluding hydrogens is 333 g/mol. The minimum absolute atomic E-state index is 0.0121. The number of aliphatic hydroxyl groups excluding tert-OH is 1. The lowest BCUT2D eigenvalue weighted by molar-refractivity contribution is -0.135. The van der Waals surface area contributed by atoms with Gasteiger partial charge in [0.25, 0.3) is 0 Å². The van der Waals surface area contributed by atoms with Crippen LogP contribution in [0.25, 0.3) is 0 Å². The van der Waals surface area contributed by atoms with Gasteiger partial charge < -0.3 is 14.7 Å². The van der Waals surface area contributed by atoms with E-state index in [1.807, 2.05) is 4.90 Å². The van der Waals surface area contributed by atoms with Crippen molar-refractivity contribution in [2.24, 2.45) is 5.41 Å². The first-order valence-corrected chi connectivity index (χ1v) is 8.69. The van der Waals surface area contributed by atoms with Crippen LogP contribution in [-0.4, -0.2) is 49.3 Å². The van der Waals surface area contributed by atoms with Gasteiger partial charge in [-0.15, -0.1) is 0 Å². The molecule has 0 saturated carbocycles. The van der Waals surface area contributed by atoms with Gasteiger partial charge >= 0.3 is 0 Å². The number of methoxy groups -OCH3 is 1. The standard InChI is InChI=1S/C18H25ClFNO3/c1-24-9-3-7-18(13-22)6-2-8-21(12-18)17(23)11-14-4-5-16(20)15(19)10-14/h4-5,10,22H,2-3,6-9,11-13H2,1H3. The van der Waals surface area contributed by atoms with Crippen molar-refractivity contribution in [3.63, 3.8) is 0 Å². The van der Waals surface area contributed by atoms with E-state index in [2.05, 4.69) is 0 Å². The number of halogens is 2. The number of rotatable bonds is 7. The Morgan fingerprint density at radius 3 is 2.96 bits per heavy atom. The molecule has 0 aliphatic carbocycles. The molecule has 1 N–H and O–H groups in total. The number of likely N-dealkylation sites (tertiary alicyclic amines) is 1.